The van der Waals surface area contributed by atoms with Gasteiger partial charge in [-0.3, -0.25) is 4.79 Å². The lowest BCUT2D eigenvalue weighted by atomic mass is 9.68. The molecule has 0 aromatic rings. The summed E-state index contributed by atoms with van der Waals surface area (Å²) in [6.45, 7) is 8.39. The zero-order chi connectivity index (χ0) is 25.5. The average Bonchev–Trinajstić information content (AvgIpc) is 3.15. The van der Waals surface area contributed by atoms with Gasteiger partial charge in [0.1, 0.15) is 0 Å². The van der Waals surface area contributed by atoms with Gasteiger partial charge in [0.25, 0.3) is 0 Å². The van der Waals surface area contributed by atoms with Crippen molar-refractivity contribution < 1.29 is 27.5 Å². The third-order valence-corrected chi connectivity index (χ3v) is 10.7. The van der Waals surface area contributed by atoms with Crippen molar-refractivity contribution in [1.29, 1.82) is 0 Å². The van der Waals surface area contributed by atoms with Crippen molar-refractivity contribution >= 4 is 22.0 Å². The van der Waals surface area contributed by atoms with E-state index in [1.165, 1.54) is 0 Å². The number of fused-ring (bicyclic) bond motifs is 1. The highest BCUT2D eigenvalue weighted by molar-refractivity contribution is 7.89. The molecule has 0 radical (unpaired) electrons. The molecule has 6 unspecified atom stereocenters. The Hall–Kier alpha value is -1.39. The minimum atomic E-state index is -3.22. The first-order chi connectivity index (χ1) is 16.5. The van der Waals surface area contributed by atoms with Crippen molar-refractivity contribution in [3.8, 4) is 0 Å². The molecule has 2 heterocycles. The maximum Gasteiger partial charge on any atom is 0.410 e. The van der Waals surface area contributed by atoms with Gasteiger partial charge in [-0.15, -0.1) is 0 Å². The normalized spacial score (nSPS) is 37.8. The molecule has 0 aromatic heterocycles. The largest absolute Gasteiger partial charge is 0.447 e. The van der Waals surface area contributed by atoms with Crippen LogP contribution in [0.4, 0.5) is 4.79 Å². The fraction of sp³-hybridized carbons (Fsp3) is 0.920. The molecule has 2 saturated heterocycles. The van der Waals surface area contributed by atoms with Crippen LogP contribution in [0.5, 0.6) is 0 Å². The van der Waals surface area contributed by atoms with Crippen molar-refractivity contribution in [3.05, 3.63) is 0 Å². The van der Waals surface area contributed by atoms with E-state index in [0.717, 1.165) is 38.5 Å². The second kappa shape index (κ2) is 10.5. The Labute approximate surface area is 210 Å². The summed E-state index contributed by atoms with van der Waals surface area (Å²) >= 11 is 0. The summed E-state index contributed by atoms with van der Waals surface area (Å²) in [4.78, 5) is 29.4. The van der Waals surface area contributed by atoms with Gasteiger partial charge in [-0.2, -0.15) is 4.31 Å². The minimum absolute atomic E-state index is 0.00252. The number of carbonyl (C=O) groups is 2. The van der Waals surface area contributed by atoms with Crippen LogP contribution in [0.25, 0.3) is 0 Å². The number of methoxy groups -OCH3 is 1. The Bertz CT molecular complexity index is 896. The number of hydrogen-bond donors (Lipinski definition) is 0. The maximum atomic E-state index is 13.1. The van der Waals surface area contributed by atoms with Gasteiger partial charge in [0.05, 0.1) is 36.1 Å². The number of piperazine rings is 1. The first kappa shape index (κ1) is 26.7. The van der Waals surface area contributed by atoms with Crippen LogP contribution in [0.1, 0.15) is 72.6 Å². The number of hydrogen-bond acceptors (Lipinski definition) is 6. The van der Waals surface area contributed by atoms with E-state index in [1.807, 2.05) is 30.6 Å². The number of sulfonamides is 1. The monoisotopic (exact) mass is 513 g/mol. The van der Waals surface area contributed by atoms with E-state index in [1.54, 1.807) is 18.3 Å². The van der Waals surface area contributed by atoms with Crippen LogP contribution in [0.15, 0.2) is 0 Å². The first-order valence-corrected chi connectivity index (χ1v) is 14.9. The smallest absolute Gasteiger partial charge is 0.410 e. The number of nitrogens with zero attached hydrogens (tertiary/aromatic N) is 3. The van der Waals surface area contributed by atoms with Crippen LogP contribution in [0, 0.1) is 11.8 Å². The molecule has 10 heteroatoms. The van der Waals surface area contributed by atoms with Crippen molar-refractivity contribution in [3.63, 3.8) is 0 Å². The highest BCUT2D eigenvalue weighted by Gasteiger charge is 2.50. The van der Waals surface area contributed by atoms with Crippen LogP contribution in [0.2, 0.25) is 0 Å². The molecule has 2 aliphatic carbocycles. The quantitative estimate of drug-likeness (QED) is 0.574. The second-order valence-electron chi connectivity index (χ2n) is 11.3. The molecule has 0 bridgehead atoms. The summed E-state index contributed by atoms with van der Waals surface area (Å²) in [6.07, 6.45) is 5.39. The standard InChI is InChI=1S/C25H43N3O6S/c1-16(2)34-25(30)26-15-17(3)28(18(4)29)21-9-7-19(13-22(21)26)20-8-10-24(33-5)23(14-20)27-11-6-12-35(27,31)32/h16-17,19-24H,6-15H2,1-5H3/t17-,19?,20?,21?,22?,23?,24?/m0/s1. The van der Waals surface area contributed by atoms with Crippen LogP contribution >= 0.6 is 0 Å². The van der Waals surface area contributed by atoms with Gasteiger partial charge < -0.3 is 19.3 Å². The van der Waals surface area contributed by atoms with E-state index in [2.05, 4.69) is 0 Å². The average molecular weight is 514 g/mol. The van der Waals surface area contributed by atoms with Crippen LogP contribution in [0.3, 0.4) is 0 Å². The topological polar surface area (TPSA) is 96.5 Å². The van der Waals surface area contributed by atoms with Crippen LogP contribution < -0.4 is 0 Å². The van der Waals surface area contributed by atoms with E-state index < -0.39 is 10.0 Å². The lowest BCUT2D eigenvalue weighted by Gasteiger charge is -2.54. The van der Waals surface area contributed by atoms with E-state index in [0.29, 0.717) is 31.3 Å². The van der Waals surface area contributed by atoms with E-state index in [-0.39, 0.29) is 54.1 Å². The molecular weight excluding hydrogens is 470 g/mol. The molecule has 4 aliphatic rings. The van der Waals surface area contributed by atoms with Gasteiger partial charge >= 0.3 is 6.09 Å². The molecule has 0 N–H and O–H groups in total. The zero-order valence-corrected chi connectivity index (χ0v) is 22.7. The minimum Gasteiger partial charge on any atom is -0.447 e. The zero-order valence-electron chi connectivity index (χ0n) is 21.9. The molecule has 4 fully saturated rings. The van der Waals surface area contributed by atoms with Crippen LogP contribution in [-0.2, 0) is 24.3 Å². The number of ether oxygens (including phenoxy) is 2. The summed E-state index contributed by atoms with van der Waals surface area (Å²) in [5.41, 5.74) is 0. The van der Waals surface area contributed by atoms with E-state index >= 15 is 0 Å². The van der Waals surface area contributed by atoms with Gasteiger partial charge in [0, 0.05) is 33.2 Å². The third-order valence-electron chi connectivity index (χ3n) is 8.72. The molecule has 0 aromatic carbocycles. The summed E-state index contributed by atoms with van der Waals surface area (Å²) < 4.78 is 38.5. The molecule has 9 nitrogen and oxygen atoms in total. The maximum absolute atomic E-state index is 13.1. The van der Waals surface area contributed by atoms with Crippen molar-refractivity contribution in [2.24, 2.45) is 11.8 Å². The molecule has 4 rings (SSSR count). The van der Waals surface area contributed by atoms with Gasteiger partial charge in [0.15, 0.2) is 0 Å². The van der Waals surface area contributed by atoms with Gasteiger partial charge in [-0.05, 0) is 77.6 Å². The Balaban J connectivity index is 1.54. The lowest BCUT2D eigenvalue weighted by Crippen LogP contribution is -2.67. The summed E-state index contributed by atoms with van der Waals surface area (Å²) in [7, 11) is -1.53. The highest BCUT2D eigenvalue weighted by atomic mass is 32.2. The number of amides is 2. The molecule has 2 amide bonds. The summed E-state index contributed by atoms with van der Waals surface area (Å²) in [5, 5.41) is 0. The molecule has 0 spiro atoms. The fourth-order valence-corrected chi connectivity index (χ4v) is 9.07. The van der Waals surface area contributed by atoms with E-state index in [9.17, 15) is 18.0 Å². The Morgan fingerprint density at radius 1 is 0.971 bits per heavy atom. The Morgan fingerprint density at radius 2 is 1.63 bits per heavy atom. The first-order valence-electron chi connectivity index (χ1n) is 13.3. The summed E-state index contributed by atoms with van der Waals surface area (Å²) in [6, 6.07) is -0.246. The fourth-order valence-electron chi connectivity index (χ4n) is 7.30. The third kappa shape index (κ3) is 5.34. The Kier molecular flexibility index (Phi) is 8.03. The second-order valence-corrected chi connectivity index (χ2v) is 13.3. The highest BCUT2D eigenvalue weighted by Crippen LogP contribution is 2.44. The molecule has 35 heavy (non-hydrogen) atoms. The lowest BCUT2D eigenvalue weighted by molar-refractivity contribution is -0.143. The predicted octanol–water partition coefficient (Wildman–Crippen LogP) is 2.84. The number of carbonyl (C=O) groups excluding carboxylic acids is 2. The van der Waals surface area contributed by atoms with Crippen LogP contribution in [-0.4, -0.2) is 96.9 Å². The molecule has 2 saturated carbocycles. The predicted molar refractivity (Wildman–Crippen MR) is 132 cm³/mol. The number of rotatable bonds is 4. The van der Waals surface area contributed by atoms with Crippen molar-refractivity contribution in [1.82, 2.24) is 14.1 Å². The van der Waals surface area contributed by atoms with Gasteiger partial charge in [-0.25, -0.2) is 13.2 Å². The molecular formula is C25H43N3O6S. The summed E-state index contributed by atoms with van der Waals surface area (Å²) in [5.74, 6) is 1.03. The molecule has 2 aliphatic heterocycles. The Morgan fingerprint density at radius 3 is 2.20 bits per heavy atom. The molecule has 7 atom stereocenters. The SMILES string of the molecule is COC1CCC(C2CCC3C(C2)N(C(=O)OC(C)C)C[C@H](C)N3C(C)=O)CC1N1CCCS1(=O)=O. The van der Waals surface area contributed by atoms with Gasteiger partial charge in [-0.1, -0.05) is 0 Å². The van der Waals surface area contributed by atoms with Gasteiger partial charge in [0.2, 0.25) is 15.9 Å². The van der Waals surface area contributed by atoms with E-state index in [4.69, 9.17) is 9.47 Å². The molecule has 200 valence electrons. The van der Waals surface area contributed by atoms with Crippen molar-refractivity contribution in [2.45, 2.75) is 109 Å². The van der Waals surface area contributed by atoms with Crippen molar-refractivity contribution in [2.75, 3.05) is 26.0 Å².